The second-order valence-electron chi connectivity index (χ2n) is 5.31. The Morgan fingerprint density at radius 2 is 1.81 bits per heavy atom. The molecule has 3 aromatic carbocycles. The Bertz CT molecular complexity index is 793. The van der Waals surface area contributed by atoms with Crippen LogP contribution in [-0.4, -0.2) is 7.05 Å². The molecule has 0 aromatic heterocycles. The summed E-state index contributed by atoms with van der Waals surface area (Å²) >= 11 is 0. The van der Waals surface area contributed by atoms with Crippen molar-refractivity contribution in [1.82, 2.24) is 5.32 Å². The minimum absolute atomic E-state index is 0.193. The summed E-state index contributed by atoms with van der Waals surface area (Å²) in [5.74, 6) is -0.193. The Morgan fingerprint density at radius 3 is 2.62 bits per heavy atom. The molecule has 0 heterocycles. The topological polar surface area (TPSA) is 12.0 Å². The maximum Gasteiger partial charge on any atom is 0.123 e. The normalized spacial score (nSPS) is 11.0. The fraction of sp³-hybridized carbons (Fsp3) is 0.158. The van der Waals surface area contributed by atoms with E-state index in [1.165, 1.54) is 28.0 Å². The van der Waals surface area contributed by atoms with Crippen LogP contribution in [0, 0.1) is 12.7 Å². The first-order valence-corrected chi connectivity index (χ1v) is 7.12. The molecule has 0 saturated heterocycles. The first-order chi connectivity index (χ1) is 10.2. The van der Waals surface area contributed by atoms with Crippen molar-refractivity contribution >= 4 is 10.8 Å². The van der Waals surface area contributed by atoms with E-state index in [0.717, 1.165) is 11.1 Å². The molecule has 0 unspecified atom stereocenters. The zero-order valence-electron chi connectivity index (χ0n) is 12.3. The highest BCUT2D eigenvalue weighted by Crippen LogP contribution is 2.34. The SMILES string of the molecule is CNCc1cc(F)ccc1-c1c(C)ccc2ccccc12. The van der Waals surface area contributed by atoms with Crippen LogP contribution in [0.15, 0.2) is 54.6 Å². The average molecular weight is 279 g/mol. The van der Waals surface area contributed by atoms with Gasteiger partial charge < -0.3 is 5.32 Å². The van der Waals surface area contributed by atoms with Gasteiger partial charge in [0.05, 0.1) is 0 Å². The summed E-state index contributed by atoms with van der Waals surface area (Å²) in [6, 6.07) is 17.6. The minimum atomic E-state index is -0.193. The lowest BCUT2D eigenvalue weighted by atomic mass is 9.91. The molecule has 0 fully saturated rings. The summed E-state index contributed by atoms with van der Waals surface area (Å²) in [7, 11) is 1.88. The number of halogens is 1. The highest BCUT2D eigenvalue weighted by atomic mass is 19.1. The Hall–Kier alpha value is -2.19. The van der Waals surface area contributed by atoms with Crippen LogP contribution in [0.5, 0.6) is 0 Å². The molecular weight excluding hydrogens is 261 g/mol. The van der Waals surface area contributed by atoms with Gasteiger partial charge in [0.1, 0.15) is 5.82 Å². The fourth-order valence-corrected chi connectivity index (χ4v) is 2.88. The molecule has 0 atom stereocenters. The minimum Gasteiger partial charge on any atom is -0.316 e. The first-order valence-electron chi connectivity index (χ1n) is 7.12. The molecule has 0 aliphatic carbocycles. The lowest BCUT2D eigenvalue weighted by molar-refractivity contribution is 0.624. The molecule has 2 heteroatoms. The Kier molecular flexibility index (Phi) is 3.72. The molecule has 1 nitrogen and oxygen atoms in total. The maximum absolute atomic E-state index is 13.6. The van der Waals surface area contributed by atoms with Gasteiger partial charge in [0, 0.05) is 6.54 Å². The summed E-state index contributed by atoms with van der Waals surface area (Å²) in [5.41, 5.74) is 4.48. The number of benzene rings is 3. The third-order valence-electron chi connectivity index (χ3n) is 3.84. The van der Waals surface area contributed by atoms with E-state index in [4.69, 9.17) is 0 Å². The molecule has 21 heavy (non-hydrogen) atoms. The molecule has 0 spiro atoms. The van der Waals surface area contributed by atoms with Crippen LogP contribution in [0.25, 0.3) is 21.9 Å². The van der Waals surface area contributed by atoms with Gasteiger partial charge in [-0.05, 0) is 59.1 Å². The van der Waals surface area contributed by atoms with Gasteiger partial charge >= 0.3 is 0 Å². The maximum atomic E-state index is 13.6. The third-order valence-corrected chi connectivity index (χ3v) is 3.84. The van der Waals surface area contributed by atoms with Crippen molar-refractivity contribution in [2.45, 2.75) is 13.5 Å². The Balaban J connectivity index is 2.32. The monoisotopic (exact) mass is 279 g/mol. The van der Waals surface area contributed by atoms with Crippen molar-refractivity contribution in [2.75, 3.05) is 7.05 Å². The smallest absolute Gasteiger partial charge is 0.123 e. The lowest BCUT2D eigenvalue weighted by Crippen LogP contribution is -2.07. The summed E-state index contributed by atoms with van der Waals surface area (Å²) in [6.07, 6.45) is 0. The zero-order chi connectivity index (χ0) is 14.8. The quantitative estimate of drug-likeness (QED) is 0.734. The van der Waals surface area contributed by atoms with Crippen molar-refractivity contribution in [1.29, 1.82) is 0 Å². The summed E-state index contributed by atoms with van der Waals surface area (Å²) in [6.45, 7) is 2.75. The van der Waals surface area contributed by atoms with E-state index in [1.807, 2.05) is 25.2 Å². The van der Waals surface area contributed by atoms with Gasteiger partial charge in [-0.15, -0.1) is 0 Å². The third kappa shape index (κ3) is 2.55. The van der Waals surface area contributed by atoms with E-state index in [-0.39, 0.29) is 5.82 Å². The number of fused-ring (bicyclic) bond motifs is 1. The second-order valence-corrected chi connectivity index (χ2v) is 5.31. The van der Waals surface area contributed by atoms with E-state index in [9.17, 15) is 4.39 Å². The molecule has 1 N–H and O–H groups in total. The number of hydrogen-bond donors (Lipinski definition) is 1. The average Bonchev–Trinajstić information content (AvgIpc) is 2.49. The van der Waals surface area contributed by atoms with Gasteiger partial charge in [-0.3, -0.25) is 0 Å². The molecule has 3 rings (SSSR count). The van der Waals surface area contributed by atoms with Gasteiger partial charge in [0.25, 0.3) is 0 Å². The van der Waals surface area contributed by atoms with Crippen molar-refractivity contribution in [3.8, 4) is 11.1 Å². The zero-order valence-corrected chi connectivity index (χ0v) is 12.3. The highest BCUT2D eigenvalue weighted by molar-refractivity contribution is 5.98. The fourth-order valence-electron chi connectivity index (χ4n) is 2.88. The molecule has 0 amide bonds. The Labute approximate surface area is 124 Å². The molecule has 106 valence electrons. The van der Waals surface area contributed by atoms with E-state index >= 15 is 0 Å². The summed E-state index contributed by atoms with van der Waals surface area (Å²) < 4.78 is 13.6. The summed E-state index contributed by atoms with van der Waals surface area (Å²) in [4.78, 5) is 0. The number of rotatable bonds is 3. The van der Waals surface area contributed by atoms with E-state index < -0.39 is 0 Å². The van der Waals surface area contributed by atoms with Crippen LogP contribution >= 0.6 is 0 Å². The second kappa shape index (κ2) is 5.66. The van der Waals surface area contributed by atoms with Gasteiger partial charge in [0.15, 0.2) is 0 Å². The number of hydrogen-bond acceptors (Lipinski definition) is 1. The van der Waals surface area contributed by atoms with Crippen LogP contribution in [-0.2, 0) is 6.54 Å². The molecular formula is C19H18FN. The van der Waals surface area contributed by atoms with Crippen LogP contribution < -0.4 is 5.32 Å². The molecule has 3 aromatic rings. The van der Waals surface area contributed by atoms with Crippen LogP contribution in [0.2, 0.25) is 0 Å². The van der Waals surface area contributed by atoms with Crippen molar-refractivity contribution in [3.63, 3.8) is 0 Å². The molecule has 0 aliphatic rings. The first kappa shape index (κ1) is 13.8. The van der Waals surface area contributed by atoms with Gasteiger partial charge in [-0.2, -0.15) is 0 Å². The van der Waals surface area contributed by atoms with Crippen LogP contribution in [0.1, 0.15) is 11.1 Å². The molecule has 0 saturated carbocycles. The van der Waals surface area contributed by atoms with Gasteiger partial charge in [-0.25, -0.2) is 4.39 Å². The van der Waals surface area contributed by atoms with E-state index in [1.54, 1.807) is 6.07 Å². The van der Waals surface area contributed by atoms with Crippen LogP contribution in [0.4, 0.5) is 4.39 Å². The summed E-state index contributed by atoms with van der Waals surface area (Å²) in [5, 5.41) is 5.54. The molecule has 0 radical (unpaired) electrons. The largest absolute Gasteiger partial charge is 0.316 e. The Morgan fingerprint density at radius 1 is 1.00 bits per heavy atom. The van der Waals surface area contributed by atoms with E-state index in [0.29, 0.717) is 6.54 Å². The molecule has 0 bridgehead atoms. The number of nitrogens with one attached hydrogen (secondary N) is 1. The predicted octanol–water partition coefficient (Wildman–Crippen LogP) is 4.67. The highest BCUT2D eigenvalue weighted by Gasteiger charge is 2.11. The van der Waals surface area contributed by atoms with Gasteiger partial charge in [0.2, 0.25) is 0 Å². The molecule has 0 aliphatic heterocycles. The van der Waals surface area contributed by atoms with E-state index in [2.05, 4.69) is 36.5 Å². The standard InChI is InChI=1S/C19H18FN/c1-13-7-8-14-5-3-4-6-17(14)19(13)18-10-9-16(20)11-15(18)12-21-2/h3-11,21H,12H2,1-2H3. The lowest BCUT2D eigenvalue weighted by Gasteiger charge is -2.15. The van der Waals surface area contributed by atoms with Gasteiger partial charge in [-0.1, -0.05) is 42.5 Å². The van der Waals surface area contributed by atoms with Crippen LogP contribution in [0.3, 0.4) is 0 Å². The number of aryl methyl sites for hydroxylation is 1. The predicted molar refractivity (Wildman–Crippen MR) is 86.8 cm³/mol. The van der Waals surface area contributed by atoms with Crippen molar-refractivity contribution < 1.29 is 4.39 Å². The van der Waals surface area contributed by atoms with Crippen molar-refractivity contribution in [3.05, 3.63) is 71.5 Å². The van der Waals surface area contributed by atoms with Crippen molar-refractivity contribution in [2.24, 2.45) is 0 Å².